The molecule has 6 heteroatoms. The normalized spacial score (nSPS) is 10.9. The number of nitrogens with one attached hydrogen (secondary N) is 1. The Balaban J connectivity index is 2.29. The van der Waals surface area contributed by atoms with Gasteiger partial charge in [-0.25, -0.2) is 8.42 Å². The highest BCUT2D eigenvalue weighted by molar-refractivity contribution is 7.92. The van der Waals surface area contributed by atoms with Gasteiger partial charge in [-0.1, -0.05) is 13.0 Å². The van der Waals surface area contributed by atoms with Crippen LogP contribution in [-0.4, -0.2) is 8.42 Å². The van der Waals surface area contributed by atoms with E-state index in [1.54, 1.807) is 30.3 Å². The van der Waals surface area contributed by atoms with Crippen molar-refractivity contribution in [2.75, 3.05) is 10.5 Å². The number of sulfonamides is 1. The molecule has 21 heavy (non-hydrogen) atoms. The number of hydrogen-bond acceptors (Lipinski definition) is 4. The summed E-state index contributed by atoms with van der Waals surface area (Å²) in [5, 5.41) is 8.72. The SMILES string of the molecule is CCc1ccc(S(=O)(=O)Nc2ccc(C#N)cc2)cc1N. The van der Waals surface area contributed by atoms with Crippen LogP contribution < -0.4 is 10.5 Å². The number of aryl methyl sites for hydroxylation is 1. The average Bonchev–Trinajstić information content (AvgIpc) is 2.47. The number of nitriles is 1. The summed E-state index contributed by atoms with van der Waals surface area (Å²) in [6, 6.07) is 12.8. The van der Waals surface area contributed by atoms with Gasteiger partial charge in [-0.3, -0.25) is 4.72 Å². The van der Waals surface area contributed by atoms with Crippen molar-refractivity contribution in [3.8, 4) is 6.07 Å². The number of anilines is 2. The molecule has 0 bridgehead atoms. The molecule has 0 aliphatic carbocycles. The number of nitrogens with two attached hydrogens (primary N) is 1. The van der Waals surface area contributed by atoms with Crippen LogP contribution in [0.1, 0.15) is 18.1 Å². The number of rotatable bonds is 4. The molecule has 0 fully saturated rings. The molecule has 0 saturated carbocycles. The number of nitrogens with zero attached hydrogens (tertiary/aromatic N) is 1. The molecule has 2 aromatic rings. The highest BCUT2D eigenvalue weighted by Gasteiger charge is 2.15. The van der Waals surface area contributed by atoms with Crippen LogP contribution in [0.25, 0.3) is 0 Å². The van der Waals surface area contributed by atoms with Gasteiger partial charge in [0.25, 0.3) is 10.0 Å². The summed E-state index contributed by atoms with van der Waals surface area (Å²) in [6.07, 6.45) is 0.745. The standard InChI is InChI=1S/C15H15N3O2S/c1-2-12-5-8-14(9-15(12)17)21(19,20)18-13-6-3-11(10-16)4-7-13/h3-9,18H,2,17H2,1H3. The lowest BCUT2D eigenvalue weighted by molar-refractivity contribution is 0.601. The van der Waals surface area contributed by atoms with Gasteiger partial charge in [0.2, 0.25) is 0 Å². The van der Waals surface area contributed by atoms with E-state index in [1.165, 1.54) is 12.1 Å². The van der Waals surface area contributed by atoms with Crippen LogP contribution in [0.4, 0.5) is 11.4 Å². The first-order valence-electron chi connectivity index (χ1n) is 6.37. The fourth-order valence-corrected chi connectivity index (χ4v) is 2.98. The van der Waals surface area contributed by atoms with Crippen molar-refractivity contribution in [3.05, 3.63) is 53.6 Å². The fourth-order valence-electron chi connectivity index (χ4n) is 1.89. The topological polar surface area (TPSA) is 96.0 Å². The maximum atomic E-state index is 12.3. The molecular weight excluding hydrogens is 286 g/mol. The Morgan fingerprint density at radius 2 is 1.86 bits per heavy atom. The Morgan fingerprint density at radius 3 is 2.38 bits per heavy atom. The van der Waals surface area contributed by atoms with Crippen LogP contribution in [-0.2, 0) is 16.4 Å². The summed E-state index contributed by atoms with van der Waals surface area (Å²) < 4.78 is 27.0. The summed E-state index contributed by atoms with van der Waals surface area (Å²) in [7, 11) is -3.69. The quantitative estimate of drug-likeness (QED) is 0.848. The second-order valence-corrected chi connectivity index (χ2v) is 6.19. The third-order valence-electron chi connectivity index (χ3n) is 3.07. The maximum absolute atomic E-state index is 12.3. The van der Waals surface area contributed by atoms with Crippen LogP contribution in [0.3, 0.4) is 0 Å². The van der Waals surface area contributed by atoms with Gasteiger partial charge < -0.3 is 5.73 Å². The lowest BCUT2D eigenvalue weighted by Crippen LogP contribution is -2.13. The van der Waals surface area contributed by atoms with E-state index in [0.717, 1.165) is 12.0 Å². The molecule has 0 spiro atoms. The highest BCUT2D eigenvalue weighted by atomic mass is 32.2. The van der Waals surface area contributed by atoms with E-state index < -0.39 is 10.0 Å². The zero-order chi connectivity index (χ0) is 15.5. The minimum atomic E-state index is -3.69. The minimum absolute atomic E-state index is 0.113. The van der Waals surface area contributed by atoms with Crippen molar-refractivity contribution in [2.45, 2.75) is 18.2 Å². The van der Waals surface area contributed by atoms with Gasteiger partial charge in [-0.2, -0.15) is 5.26 Å². The second kappa shape index (κ2) is 5.85. The van der Waals surface area contributed by atoms with E-state index in [4.69, 9.17) is 11.0 Å². The molecule has 108 valence electrons. The van der Waals surface area contributed by atoms with Crippen LogP contribution in [0.5, 0.6) is 0 Å². The largest absolute Gasteiger partial charge is 0.398 e. The minimum Gasteiger partial charge on any atom is -0.398 e. The molecule has 0 heterocycles. The first kappa shape index (κ1) is 14.9. The second-order valence-electron chi connectivity index (χ2n) is 4.51. The molecule has 0 unspecified atom stereocenters. The highest BCUT2D eigenvalue weighted by Crippen LogP contribution is 2.21. The Hall–Kier alpha value is -2.52. The summed E-state index contributed by atoms with van der Waals surface area (Å²) in [5.41, 5.74) is 8.06. The van der Waals surface area contributed by atoms with Gasteiger partial charge >= 0.3 is 0 Å². The molecule has 2 rings (SSSR count). The third kappa shape index (κ3) is 3.33. The molecule has 0 aromatic heterocycles. The smallest absolute Gasteiger partial charge is 0.261 e. The molecule has 0 amide bonds. The van der Waals surface area contributed by atoms with Crippen LogP contribution in [0.15, 0.2) is 47.4 Å². The molecule has 0 aliphatic heterocycles. The lowest BCUT2D eigenvalue weighted by Gasteiger charge is -2.10. The van der Waals surface area contributed by atoms with E-state index in [0.29, 0.717) is 16.9 Å². The van der Waals surface area contributed by atoms with Crippen molar-refractivity contribution >= 4 is 21.4 Å². The third-order valence-corrected chi connectivity index (χ3v) is 4.45. The maximum Gasteiger partial charge on any atom is 0.261 e. The van der Waals surface area contributed by atoms with Crippen molar-refractivity contribution in [2.24, 2.45) is 0 Å². The van der Waals surface area contributed by atoms with Gasteiger partial charge in [0.1, 0.15) is 0 Å². The van der Waals surface area contributed by atoms with Crippen LogP contribution in [0.2, 0.25) is 0 Å². The van der Waals surface area contributed by atoms with Gasteiger partial charge in [0.05, 0.1) is 16.5 Å². The monoisotopic (exact) mass is 301 g/mol. The van der Waals surface area contributed by atoms with E-state index in [2.05, 4.69) is 4.72 Å². The Kier molecular flexibility index (Phi) is 4.15. The number of hydrogen-bond donors (Lipinski definition) is 2. The molecule has 0 aliphatic rings. The molecule has 5 nitrogen and oxygen atoms in total. The van der Waals surface area contributed by atoms with Crippen LogP contribution >= 0.6 is 0 Å². The number of nitrogen functional groups attached to an aromatic ring is 1. The first-order valence-corrected chi connectivity index (χ1v) is 7.86. The lowest BCUT2D eigenvalue weighted by atomic mass is 10.1. The average molecular weight is 301 g/mol. The predicted molar refractivity (Wildman–Crippen MR) is 82.2 cm³/mol. The summed E-state index contributed by atoms with van der Waals surface area (Å²) >= 11 is 0. The van der Waals surface area contributed by atoms with Crippen molar-refractivity contribution in [3.63, 3.8) is 0 Å². The van der Waals surface area contributed by atoms with E-state index >= 15 is 0 Å². The summed E-state index contributed by atoms with van der Waals surface area (Å²) in [4.78, 5) is 0.113. The fraction of sp³-hybridized carbons (Fsp3) is 0.133. The van der Waals surface area contributed by atoms with E-state index in [1.807, 2.05) is 13.0 Å². The molecule has 0 saturated heterocycles. The Labute approximate surface area is 124 Å². The van der Waals surface area contributed by atoms with E-state index in [-0.39, 0.29) is 4.90 Å². The summed E-state index contributed by atoms with van der Waals surface area (Å²) in [5.74, 6) is 0. The van der Waals surface area contributed by atoms with Gasteiger partial charge in [-0.05, 0) is 48.4 Å². The molecule has 3 N–H and O–H groups in total. The van der Waals surface area contributed by atoms with Gasteiger partial charge in [0, 0.05) is 11.4 Å². The van der Waals surface area contributed by atoms with E-state index in [9.17, 15) is 8.42 Å². The van der Waals surface area contributed by atoms with Gasteiger partial charge in [0.15, 0.2) is 0 Å². The molecular formula is C15H15N3O2S. The molecule has 2 aromatic carbocycles. The van der Waals surface area contributed by atoms with Crippen LogP contribution in [0, 0.1) is 11.3 Å². The van der Waals surface area contributed by atoms with Gasteiger partial charge in [-0.15, -0.1) is 0 Å². The Bertz CT molecular complexity index is 791. The Morgan fingerprint density at radius 1 is 1.19 bits per heavy atom. The summed E-state index contributed by atoms with van der Waals surface area (Å²) in [6.45, 7) is 1.95. The van der Waals surface area contributed by atoms with Crippen molar-refractivity contribution in [1.82, 2.24) is 0 Å². The van der Waals surface area contributed by atoms with Crippen molar-refractivity contribution in [1.29, 1.82) is 5.26 Å². The predicted octanol–water partition coefficient (Wildman–Crippen LogP) is 2.50. The molecule has 0 atom stereocenters. The number of benzene rings is 2. The zero-order valence-electron chi connectivity index (χ0n) is 11.5. The first-order chi connectivity index (χ1) is 9.96. The zero-order valence-corrected chi connectivity index (χ0v) is 12.3. The molecule has 0 radical (unpaired) electrons. The van der Waals surface area contributed by atoms with Crippen molar-refractivity contribution < 1.29 is 8.42 Å².